The lowest BCUT2D eigenvalue weighted by Crippen LogP contribution is -2.31. The monoisotopic (exact) mass is 395 g/mol. The van der Waals surface area contributed by atoms with Gasteiger partial charge in [0.25, 0.3) is 5.91 Å². The highest BCUT2D eigenvalue weighted by Crippen LogP contribution is 2.29. The van der Waals surface area contributed by atoms with Crippen molar-refractivity contribution in [1.82, 2.24) is 15.1 Å². The summed E-state index contributed by atoms with van der Waals surface area (Å²) in [5.41, 5.74) is 2.58. The molecule has 0 bridgehead atoms. The van der Waals surface area contributed by atoms with Crippen LogP contribution in [0.3, 0.4) is 0 Å². The maximum absolute atomic E-state index is 12.7. The molecule has 0 fully saturated rings. The van der Waals surface area contributed by atoms with Crippen molar-refractivity contribution in [2.45, 2.75) is 19.9 Å². The Morgan fingerprint density at radius 1 is 1.29 bits per heavy atom. The van der Waals surface area contributed by atoms with Gasteiger partial charge in [-0.15, -0.1) is 11.3 Å². The number of amides is 1. The van der Waals surface area contributed by atoms with Gasteiger partial charge in [-0.3, -0.25) is 9.48 Å². The van der Waals surface area contributed by atoms with E-state index in [1.165, 1.54) is 0 Å². The maximum Gasteiger partial charge on any atom is 0.287 e. The summed E-state index contributed by atoms with van der Waals surface area (Å²) in [6.45, 7) is 4.40. The zero-order valence-corrected chi connectivity index (χ0v) is 16.7. The number of thiophene rings is 1. The molecular weight excluding hydrogens is 374 g/mol. The number of aromatic nitrogens is 2. The lowest BCUT2D eigenvalue weighted by molar-refractivity contribution is 0.0923. The van der Waals surface area contributed by atoms with Crippen molar-refractivity contribution in [3.63, 3.8) is 0 Å². The Morgan fingerprint density at radius 3 is 2.82 bits per heavy atom. The van der Waals surface area contributed by atoms with Gasteiger partial charge in [0, 0.05) is 22.5 Å². The number of rotatable bonds is 6. The zero-order valence-electron chi connectivity index (χ0n) is 15.9. The summed E-state index contributed by atoms with van der Waals surface area (Å²) in [5, 5.41) is 10.5. The van der Waals surface area contributed by atoms with Crippen molar-refractivity contribution in [2.24, 2.45) is 0 Å². The lowest BCUT2D eigenvalue weighted by atomic mass is 10.2. The van der Waals surface area contributed by atoms with Gasteiger partial charge in [0.15, 0.2) is 17.1 Å². The summed E-state index contributed by atoms with van der Waals surface area (Å²) in [7, 11) is 1.58. The minimum Gasteiger partial charge on any atom is -0.493 e. The molecule has 0 aliphatic heterocycles. The van der Waals surface area contributed by atoms with E-state index in [1.54, 1.807) is 24.5 Å². The molecule has 0 saturated heterocycles. The molecule has 4 rings (SSSR count). The molecule has 3 heterocycles. The minimum absolute atomic E-state index is 0.0726. The number of ether oxygens (including phenoxy) is 1. The first-order chi connectivity index (χ1) is 13.6. The molecule has 3 aromatic heterocycles. The number of methoxy groups -OCH3 is 1. The summed E-state index contributed by atoms with van der Waals surface area (Å²) in [5.74, 6) is 0.606. The fraction of sp³-hybridized carbons (Fsp3) is 0.238. The van der Waals surface area contributed by atoms with Gasteiger partial charge in [0.2, 0.25) is 0 Å². The van der Waals surface area contributed by atoms with Crippen LogP contribution in [-0.4, -0.2) is 29.3 Å². The average molecular weight is 395 g/mol. The van der Waals surface area contributed by atoms with Crippen molar-refractivity contribution >= 4 is 28.2 Å². The van der Waals surface area contributed by atoms with Crippen LogP contribution in [0.2, 0.25) is 0 Å². The topological polar surface area (TPSA) is 69.3 Å². The predicted molar refractivity (Wildman–Crippen MR) is 109 cm³/mol. The van der Waals surface area contributed by atoms with Crippen molar-refractivity contribution in [3.8, 4) is 5.75 Å². The van der Waals surface area contributed by atoms with Gasteiger partial charge >= 0.3 is 0 Å². The van der Waals surface area contributed by atoms with E-state index in [0.29, 0.717) is 17.9 Å². The quantitative estimate of drug-likeness (QED) is 0.527. The van der Waals surface area contributed by atoms with Gasteiger partial charge in [-0.2, -0.15) is 5.10 Å². The Hall–Kier alpha value is -3.06. The second-order valence-electron chi connectivity index (χ2n) is 6.60. The van der Waals surface area contributed by atoms with Gasteiger partial charge in [-0.1, -0.05) is 18.2 Å². The molecule has 0 saturated carbocycles. The van der Waals surface area contributed by atoms with Crippen molar-refractivity contribution in [3.05, 3.63) is 69.9 Å². The Morgan fingerprint density at radius 2 is 2.14 bits per heavy atom. The number of aryl methyl sites for hydroxylation is 2. The van der Waals surface area contributed by atoms with Crippen LogP contribution in [-0.2, 0) is 0 Å². The first kappa shape index (κ1) is 18.3. The van der Waals surface area contributed by atoms with E-state index in [2.05, 4.69) is 16.5 Å². The van der Waals surface area contributed by atoms with Crippen LogP contribution in [0, 0.1) is 13.8 Å². The molecule has 0 aliphatic rings. The average Bonchev–Trinajstić information content (AvgIpc) is 3.41. The lowest BCUT2D eigenvalue weighted by Gasteiger charge is -2.18. The fourth-order valence-corrected chi connectivity index (χ4v) is 4.15. The summed E-state index contributed by atoms with van der Waals surface area (Å²) in [4.78, 5) is 13.9. The van der Waals surface area contributed by atoms with Crippen molar-refractivity contribution < 1.29 is 13.9 Å². The number of furan rings is 1. The maximum atomic E-state index is 12.7. The largest absolute Gasteiger partial charge is 0.493 e. The summed E-state index contributed by atoms with van der Waals surface area (Å²) in [6, 6.07) is 13.3. The van der Waals surface area contributed by atoms with Gasteiger partial charge in [-0.25, -0.2) is 0 Å². The summed E-state index contributed by atoms with van der Waals surface area (Å²) >= 11 is 1.65. The van der Waals surface area contributed by atoms with E-state index in [-0.39, 0.29) is 17.7 Å². The number of para-hydroxylation sites is 1. The number of hydrogen-bond acceptors (Lipinski definition) is 5. The van der Waals surface area contributed by atoms with Crippen LogP contribution in [0.5, 0.6) is 5.75 Å². The minimum atomic E-state index is -0.263. The molecule has 0 aliphatic carbocycles. The Bertz CT molecular complexity index is 1110. The molecule has 1 aromatic carbocycles. The number of hydrogen-bond donors (Lipinski definition) is 1. The number of nitrogens with one attached hydrogen (secondary N) is 1. The number of nitrogens with zero attached hydrogens (tertiary/aromatic N) is 2. The standard InChI is InChI=1S/C21H21N3O3S/c1-13-10-14(2)24(23-13)16(19-8-5-9-28-19)12-22-21(25)18-11-15-6-4-7-17(26-3)20(15)27-18/h4-11,16H,12H2,1-3H3,(H,22,25)/t16-/m0/s1. The van der Waals surface area contributed by atoms with Crippen molar-refractivity contribution in [2.75, 3.05) is 13.7 Å². The third kappa shape index (κ3) is 3.41. The van der Waals surface area contributed by atoms with Crippen LogP contribution in [0.15, 0.2) is 52.3 Å². The van der Waals surface area contributed by atoms with E-state index in [4.69, 9.17) is 9.15 Å². The van der Waals surface area contributed by atoms with Crippen LogP contribution in [0.1, 0.15) is 32.9 Å². The zero-order chi connectivity index (χ0) is 19.7. The molecule has 1 amide bonds. The Kier molecular flexibility index (Phi) is 4.92. The molecule has 4 aromatic rings. The van der Waals surface area contributed by atoms with E-state index in [0.717, 1.165) is 21.7 Å². The summed E-state index contributed by atoms with van der Waals surface area (Å²) in [6.07, 6.45) is 0. The van der Waals surface area contributed by atoms with Crippen LogP contribution in [0.4, 0.5) is 0 Å². The first-order valence-corrected chi connectivity index (χ1v) is 9.85. The third-order valence-electron chi connectivity index (χ3n) is 4.62. The second-order valence-corrected chi connectivity index (χ2v) is 7.58. The van der Waals surface area contributed by atoms with Gasteiger partial charge in [-0.05, 0) is 43.5 Å². The molecule has 0 radical (unpaired) electrons. The highest BCUT2D eigenvalue weighted by Gasteiger charge is 2.21. The van der Waals surface area contributed by atoms with Crippen LogP contribution < -0.4 is 10.1 Å². The Balaban J connectivity index is 1.57. The number of carbonyl (C=O) groups is 1. The number of carbonyl (C=O) groups excluding carboxylic acids is 1. The normalized spacial score (nSPS) is 12.2. The first-order valence-electron chi connectivity index (χ1n) is 8.97. The van der Waals surface area contributed by atoms with E-state index in [9.17, 15) is 4.79 Å². The number of fused-ring (bicyclic) bond motifs is 1. The van der Waals surface area contributed by atoms with Crippen molar-refractivity contribution in [1.29, 1.82) is 0 Å². The van der Waals surface area contributed by atoms with E-state index < -0.39 is 0 Å². The van der Waals surface area contributed by atoms with Crippen LogP contribution >= 0.6 is 11.3 Å². The highest BCUT2D eigenvalue weighted by atomic mass is 32.1. The van der Waals surface area contributed by atoms with Gasteiger partial charge < -0.3 is 14.5 Å². The SMILES string of the molecule is COc1cccc2cc(C(=O)NC[C@@H](c3cccs3)n3nc(C)cc3C)oc12. The molecule has 7 heteroatoms. The number of benzene rings is 1. The van der Waals surface area contributed by atoms with Gasteiger partial charge in [0.05, 0.1) is 12.8 Å². The highest BCUT2D eigenvalue weighted by molar-refractivity contribution is 7.10. The molecule has 6 nitrogen and oxygen atoms in total. The molecular formula is C21H21N3O3S. The molecule has 144 valence electrons. The molecule has 1 atom stereocenters. The molecule has 0 unspecified atom stereocenters. The summed E-state index contributed by atoms with van der Waals surface area (Å²) < 4.78 is 13.0. The van der Waals surface area contributed by atoms with E-state index in [1.807, 2.05) is 54.2 Å². The van der Waals surface area contributed by atoms with Crippen LogP contribution in [0.25, 0.3) is 11.0 Å². The molecule has 28 heavy (non-hydrogen) atoms. The third-order valence-corrected chi connectivity index (χ3v) is 5.59. The fourth-order valence-electron chi connectivity index (χ4n) is 3.34. The Labute approximate surface area is 166 Å². The smallest absolute Gasteiger partial charge is 0.287 e. The molecule has 1 N–H and O–H groups in total. The molecule has 0 spiro atoms. The van der Waals surface area contributed by atoms with Gasteiger partial charge in [0.1, 0.15) is 6.04 Å². The van der Waals surface area contributed by atoms with E-state index >= 15 is 0 Å². The second kappa shape index (κ2) is 7.52. The predicted octanol–water partition coefficient (Wildman–Crippen LogP) is 4.34.